The average molecular weight is 471 g/mol. The number of benzene rings is 2. The van der Waals surface area contributed by atoms with E-state index in [0.717, 1.165) is 46.7 Å². The molecule has 6 rings (SSSR count). The fourth-order valence-electron chi connectivity index (χ4n) is 5.03. The summed E-state index contributed by atoms with van der Waals surface area (Å²) in [7, 11) is 0. The SMILES string of the molecule is CCNc1nccc(-c2c(-c3ccc(F)cc3)nc3n2[C@H](Cn2ccc4cccc(F)c42)CC3)n1. The maximum atomic E-state index is 14.7. The molecule has 1 aliphatic rings. The molecule has 0 spiro atoms. The minimum atomic E-state index is -0.294. The lowest BCUT2D eigenvalue weighted by Gasteiger charge is -2.19. The lowest BCUT2D eigenvalue weighted by Crippen LogP contribution is -2.14. The van der Waals surface area contributed by atoms with Crippen LogP contribution in [-0.4, -0.2) is 30.6 Å². The number of rotatable bonds is 6. The first-order valence-corrected chi connectivity index (χ1v) is 11.8. The number of imidazole rings is 1. The van der Waals surface area contributed by atoms with E-state index in [1.807, 2.05) is 35.9 Å². The van der Waals surface area contributed by atoms with Gasteiger partial charge in [-0.25, -0.2) is 23.7 Å². The Labute approximate surface area is 201 Å². The van der Waals surface area contributed by atoms with E-state index in [2.05, 4.69) is 14.9 Å². The fourth-order valence-corrected chi connectivity index (χ4v) is 5.03. The largest absolute Gasteiger partial charge is 0.354 e. The molecule has 4 heterocycles. The first kappa shape index (κ1) is 21.5. The van der Waals surface area contributed by atoms with Gasteiger partial charge in [-0.3, -0.25) is 0 Å². The predicted molar refractivity (Wildman–Crippen MR) is 132 cm³/mol. The Bertz CT molecular complexity index is 1520. The number of anilines is 1. The summed E-state index contributed by atoms with van der Waals surface area (Å²) in [4.78, 5) is 14.1. The molecule has 0 amide bonds. The summed E-state index contributed by atoms with van der Waals surface area (Å²) in [6.45, 7) is 3.30. The van der Waals surface area contributed by atoms with Crippen molar-refractivity contribution in [3.05, 3.63) is 84.4 Å². The standard InChI is InChI=1S/C27H24F2N6/c1-2-30-27-31-14-12-22(32-27)26-24(17-6-8-19(28)9-7-17)33-23-11-10-20(35(23)26)16-34-15-13-18-4-3-5-21(29)25(18)34/h3-9,12-15,20H,2,10-11,16H2,1H3,(H,30,31,32)/t20-/m0/s1. The molecule has 1 aliphatic heterocycles. The van der Waals surface area contributed by atoms with E-state index >= 15 is 0 Å². The molecule has 0 aliphatic carbocycles. The highest BCUT2D eigenvalue weighted by Crippen LogP contribution is 2.40. The van der Waals surface area contributed by atoms with Crippen LogP contribution in [0.2, 0.25) is 0 Å². The number of para-hydroxylation sites is 1. The number of nitrogens with one attached hydrogen (secondary N) is 1. The van der Waals surface area contributed by atoms with E-state index < -0.39 is 0 Å². The van der Waals surface area contributed by atoms with Gasteiger partial charge < -0.3 is 14.5 Å². The number of aryl methyl sites for hydroxylation is 1. The summed E-state index contributed by atoms with van der Waals surface area (Å²) in [6, 6.07) is 15.4. The van der Waals surface area contributed by atoms with Crippen LogP contribution in [0.3, 0.4) is 0 Å². The van der Waals surface area contributed by atoms with Gasteiger partial charge in [-0.2, -0.15) is 0 Å². The average Bonchev–Trinajstić information content (AvgIpc) is 3.55. The molecule has 0 saturated carbocycles. The third kappa shape index (κ3) is 3.75. The van der Waals surface area contributed by atoms with E-state index in [9.17, 15) is 8.78 Å². The Balaban J connectivity index is 1.49. The highest BCUT2D eigenvalue weighted by molar-refractivity contribution is 5.81. The van der Waals surface area contributed by atoms with Crippen LogP contribution in [0.1, 0.15) is 25.2 Å². The molecule has 1 atom stereocenters. The third-order valence-corrected chi connectivity index (χ3v) is 6.55. The zero-order valence-corrected chi connectivity index (χ0v) is 19.2. The number of nitrogens with zero attached hydrogens (tertiary/aromatic N) is 5. The van der Waals surface area contributed by atoms with Gasteiger partial charge in [0.1, 0.15) is 17.5 Å². The molecule has 5 aromatic rings. The van der Waals surface area contributed by atoms with Gasteiger partial charge in [-0.05, 0) is 55.8 Å². The molecule has 35 heavy (non-hydrogen) atoms. The van der Waals surface area contributed by atoms with Gasteiger partial charge in [0, 0.05) is 42.9 Å². The fraction of sp³-hybridized carbons (Fsp3) is 0.222. The van der Waals surface area contributed by atoms with Gasteiger partial charge in [0.2, 0.25) is 5.95 Å². The van der Waals surface area contributed by atoms with Gasteiger partial charge in [-0.15, -0.1) is 0 Å². The van der Waals surface area contributed by atoms with Gasteiger partial charge in [0.25, 0.3) is 0 Å². The second-order valence-corrected chi connectivity index (χ2v) is 8.74. The second kappa shape index (κ2) is 8.61. The molecule has 0 bridgehead atoms. The number of fused-ring (bicyclic) bond motifs is 2. The van der Waals surface area contributed by atoms with Crippen molar-refractivity contribution in [1.29, 1.82) is 0 Å². The highest BCUT2D eigenvalue weighted by atomic mass is 19.1. The maximum absolute atomic E-state index is 14.7. The van der Waals surface area contributed by atoms with Gasteiger partial charge in [0.05, 0.1) is 28.6 Å². The predicted octanol–water partition coefficient (Wildman–Crippen LogP) is 5.86. The van der Waals surface area contributed by atoms with Crippen molar-refractivity contribution < 1.29 is 8.78 Å². The molecule has 0 unspecified atom stereocenters. The van der Waals surface area contributed by atoms with Gasteiger partial charge >= 0.3 is 0 Å². The molecule has 1 N–H and O–H groups in total. The third-order valence-electron chi connectivity index (χ3n) is 6.55. The second-order valence-electron chi connectivity index (χ2n) is 8.74. The Morgan fingerprint density at radius 2 is 1.89 bits per heavy atom. The molecule has 2 aromatic carbocycles. The molecule has 3 aromatic heterocycles. The van der Waals surface area contributed by atoms with Crippen LogP contribution in [-0.2, 0) is 13.0 Å². The number of aromatic nitrogens is 5. The Kier molecular flexibility index (Phi) is 5.28. The van der Waals surface area contributed by atoms with E-state index in [1.165, 1.54) is 18.2 Å². The van der Waals surface area contributed by atoms with Crippen molar-refractivity contribution >= 4 is 16.9 Å². The van der Waals surface area contributed by atoms with Crippen molar-refractivity contribution in [2.45, 2.75) is 32.4 Å². The first-order chi connectivity index (χ1) is 17.1. The Hall–Kier alpha value is -4.07. The summed E-state index contributed by atoms with van der Waals surface area (Å²) >= 11 is 0. The number of halogens is 2. The van der Waals surface area contributed by atoms with E-state index in [4.69, 9.17) is 9.97 Å². The van der Waals surface area contributed by atoms with Crippen molar-refractivity contribution in [3.8, 4) is 22.6 Å². The summed E-state index contributed by atoms with van der Waals surface area (Å²) in [6.07, 6.45) is 5.36. The van der Waals surface area contributed by atoms with Crippen LogP contribution in [0, 0.1) is 11.6 Å². The molecule has 0 fully saturated rings. The highest BCUT2D eigenvalue weighted by Gasteiger charge is 2.31. The van der Waals surface area contributed by atoms with Crippen LogP contribution < -0.4 is 5.32 Å². The molecule has 176 valence electrons. The smallest absolute Gasteiger partial charge is 0.223 e. The molecular weight excluding hydrogens is 446 g/mol. The van der Waals surface area contributed by atoms with Gasteiger partial charge in [0.15, 0.2) is 0 Å². The minimum absolute atomic E-state index is 0.0643. The van der Waals surface area contributed by atoms with Crippen molar-refractivity contribution in [1.82, 2.24) is 24.1 Å². The van der Waals surface area contributed by atoms with Crippen molar-refractivity contribution in [2.75, 3.05) is 11.9 Å². The lowest BCUT2D eigenvalue weighted by atomic mass is 10.1. The van der Waals surface area contributed by atoms with Crippen LogP contribution in [0.15, 0.2) is 67.0 Å². The number of hydrogen-bond acceptors (Lipinski definition) is 4. The quantitative estimate of drug-likeness (QED) is 0.338. The van der Waals surface area contributed by atoms with Crippen LogP contribution in [0.4, 0.5) is 14.7 Å². The maximum Gasteiger partial charge on any atom is 0.223 e. The normalized spacial score (nSPS) is 15.0. The van der Waals surface area contributed by atoms with Crippen LogP contribution in [0.25, 0.3) is 33.5 Å². The van der Waals surface area contributed by atoms with Gasteiger partial charge in [-0.1, -0.05) is 12.1 Å². The van der Waals surface area contributed by atoms with Crippen LogP contribution in [0.5, 0.6) is 0 Å². The van der Waals surface area contributed by atoms with E-state index in [0.29, 0.717) is 24.6 Å². The topological polar surface area (TPSA) is 60.6 Å². The molecule has 8 heteroatoms. The molecular formula is C27H24F2N6. The summed E-state index contributed by atoms with van der Waals surface area (Å²) in [5.74, 6) is 0.969. The lowest BCUT2D eigenvalue weighted by molar-refractivity contribution is 0.456. The monoisotopic (exact) mass is 470 g/mol. The summed E-state index contributed by atoms with van der Waals surface area (Å²) in [5.41, 5.74) is 3.80. The van der Waals surface area contributed by atoms with E-state index in [1.54, 1.807) is 24.4 Å². The van der Waals surface area contributed by atoms with Crippen molar-refractivity contribution in [2.24, 2.45) is 0 Å². The molecule has 0 radical (unpaired) electrons. The minimum Gasteiger partial charge on any atom is -0.354 e. The zero-order valence-electron chi connectivity index (χ0n) is 19.2. The summed E-state index contributed by atoms with van der Waals surface area (Å²) < 4.78 is 32.6. The Morgan fingerprint density at radius 1 is 1.03 bits per heavy atom. The van der Waals surface area contributed by atoms with Crippen LogP contribution >= 0.6 is 0 Å². The number of hydrogen-bond donors (Lipinski definition) is 1. The zero-order chi connectivity index (χ0) is 23.9. The summed E-state index contributed by atoms with van der Waals surface area (Å²) in [5, 5.41) is 4.05. The van der Waals surface area contributed by atoms with Crippen molar-refractivity contribution in [3.63, 3.8) is 0 Å². The first-order valence-electron chi connectivity index (χ1n) is 11.8. The van der Waals surface area contributed by atoms with E-state index in [-0.39, 0.29) is 17.7 Å². The Morgan fingerprint density at radius 3 is 2.71 bits per heavy atom. The molecule has 6 nitrogen and oxygen atoms in total. The molecule has 0 saturated heterocycles.